The Morgan fingerprint density at radius 3 is 2.76 bits per heavy atom. The Morgan fingerprint density at radius 2 is 2.24 bits per heavy atom. The van der Waals surface area contributed by atoms with Gasteiger partial charge in [0, 0.05) is 22.6 Å². The molecule has 1 saturated carbocycles. The lowest BCUT2D eigenvalue weighted by Gasteiger charge is -2.21. The van der Waals surface area contributed by atoms with Crippen molar-refractivity contribution in [3.63, 3.8) is 0 Å². The van der Waals surface area contributed by atoms with Crippen molar-refractivity contribution in [2.45, 2.75) is 25.8 Å². The van der Waals surface area contributed by atoms with Crippen LogP contribution in [-0.4, -0.2) is 35.1 Å². The number of carbonyl (C=O) groups is 1. The summed E-state index contributed by atoms with van der Waals surface area (Å²) in [5.41, 5.74) is 1.80. The van der Waals surface area contributed by atoms with Crippen molar-refractivity contribution in [3.05, 3.63) is 33.8 Å². The number of carbonyl (C=O) groups excluding carboxylic acids is 1. The number of aliphatic hydroxyl groups excluding tert-OH is 1. The molecule has 0 unspecified atom stereocenters. The first-order chi connectivity index (χ1) is 8.13. The van der Waals surface area contributed by atoms with E-state index in [1.54, 1.807) is 4.90 Å². The molecule has 0 heterocycles. The summed E-state index contributed by atoms with van der Waals surface area (Å²) in [5.74, 6) is 0.0160. The highest BCUT2D eigenvalue weighted by Gasteiger charge is 2.32. The van der Waals surface area contributed by atoms with Crippen molar-refractivity contribution in [3.8, 4) is 0 Å². The van der Waals surface area contributed by atoms with Gasteiger partial charge in [0.2, 0.25) is 0 Å². The number of hydrogen-bond donors (Lipinski definition) is 1. The van der Waals surface area contributed by atoms with Crippen LogP contribution in [0.4, 0.5) is 0 Å². The summed E-state index contributed by atoms with van der Waals surface area (Å²) < 4.78 is 0.947. The minimum atomic E-state index is 0.0160. The lowest BCUT2D eigenvalue weighted by atomic mass is 10.1. The van der Waals surface area contributed by atoms with Crippen molar-refractivity contribution >= 4 is 21.8 Å². The SMILES string of the molecule is Cc1ccc(C(=O)N(CCO)C2CC2)cc1Br. The van der Waals surface area contributed by atoms with Crippen LogP contribution in [0.1, 0.15) is 28.8 Å². The molecule has 1 N–H and O–H groups in total. The largest absolute Gasteiger partial charge is 0.395 e. The predicted octanol–water partition coefficient (Wildman–Crippen LogP) is 2.35. The van der Waals surface area contributed by atoms with Crippen LogP contribution in [-0.2, 0) is 0 Å². The molecule has 92 valence electrons. The first kappa shape index (κ1) is 12.6. The number of rotatable bonds is 4. The Hall–Kier alpha value is -0.870. The van der Waals surface area contributed by atoms with Crippen molar-refractivity contribution in [2.75, 3.05) is 13.2 Å². The van der Waals surface area contributed by atoms with Gasteiger partial charge in [0.1, 0.15) is 0 Å². The molecule has 17 heavy (non-hydrogen) atoms. The first-order valence-electron chi connectivity index (χ1n) is 5.81. The maximum atomic E-state index is 12.3. The van der Waals surface area contributed by atoms with E-state index in [2.05, 4.69) is 15.9 Å². The smallest absolute Gasteiger partial charge is 0.254 e. The molecule has 0 aliphatic heterocycles. The zero-order chi connectivity index (χ0) is 12.4. The lowest BCUT2D eigenvalue weighted by Crippen LogP contribution is -2.35. The van der Waals surface area contributed by atoms with Crippen LogP contribution in [0.25, 0.3) is 0 Å². The highest BCUT2D eigenvalue weighted by molar-refractivity contribution is 9.10. The summed E-state index contributed by atoms with van der Waals surface area (Å²) in [6.45, 7) is 2.44. The molecule has 3 nitrogen and oxygen atoms in total. The molecule has 2 rings (SSSR count). The molecule has 0 aromatic heterocycles. The standard InChI is InChI=1S/C13H16BrNO2/c1-9-2-3-10(8-12(9)14)13(17)15(6-7-16)11-4-5-11/h2-3,8,11,16H,4-7H2,1H3. The quantitative estimate of drug-likeness (QED) is 0.927. The average Bonchev–Trinajstić information content (AvgIpc) is 3.13. The number of benzene rings is 1. The molecule has 1 aromatic carbocycles. The zero-order valence-corrected chi connectivity index (χ0v) is 11.4. The molecule has 4 heteroatoms. The van der Waals surface area contributed by atoms with Crippen LogP contribution in [0.2, 0.25) is 0 Å². The van der Waals surface area contributed by atoms with Gasteiger partial charge in [-0.15, -0.1) is 0 Å². The first-order valence-corrected chi connectivity index (χ1v) is 6.60. The van der Waals surface area contributed by atoms with Crippen LogP contribution in [0, 0.1) is 6.92 Å². The number of hydrogen-bond acceptors (Lipinski definition) is 2. The Balaban J connectivity index is 2.19. The van der Waals surface area contributed by atoms with Gasteiger partial charge in [-0.25, -0.2) is 0 Å². The van der Waals surface area contributed by atoms with Gasteiger partial charge in [0.05, 0.1) is 6.61 Å². The fourth-order valence-electron chi connectivity index (χ4n) is 1.84. The fraction of sp³-hybridized carbons (Fsp3) is 0.462. The Labute approximate surface area is 110 Å². The zero-order valence-electron chi connectivity index (χ0n) is 9.82. The van der Waals surface area contributed by atoms with Crippen LogP contribution in [0.15, 0.2) is 22.7 Å². The fourth-order valence-corrected chi connectivity index (χ4v) is 2.21. The maximum absolute atomic E-state index is 12.3. The van der Waals surface area contributed by atoms with E-state index in [1.807, 2.05) is 25.1 Å². The third kappa shape index (κ3) is 2.87. The predicted molar refractivity (Wildman–Crippen MR) is 70.0 cm³/mol. The van der Waals surface area contributed by atoms with Gasteiger partial charge in [0.25, 0.3) is 5.91 Å². The highest BCUT2D eigenvalue weighted by Crippen LogP contribution is 2.28. The molecule has 1 aromatic rings. The number of halogens is 1. The van der Waals surface area contributed by atoms with Gasteiger partial charge in [0.15, 0.2) is 0 Å². The van der Waals surface area contributed by atoms with Crippen LogP contribution in [0.5, 0.6) is 0 Å². The van der Waals surface area contributed by atoms with E-state index in [4.69, 9.17) is 5.11 Å². The van der Waals surface area contributed by atoms with Crippen molar-refractivity contribution in [2.24, 2.45) is 0 Å². The van der Waals surface area contributed by atoms with Gasteiger partial charge in [-0.2, -0.15) is 0 Å². The van der Waals surface area contributed by atoms with Crippen LogP contribution < -0.4 is 0 Å². The van der Waals surface area contributed by atoms with Crippen LogP contribution >= 0.6 is 15.9 Å². The van der Waals surface area contributed by atoms with Gasteiger partial charge in [-0.05, 0) is 37.5 Å². The minimum absolute atomic E-state index is 0.0160. The summed E-state index contributed by atoms with van der Waals surface area (Å²) in [4.78, 5) is 14.0. The topological polar surface area (TPSA) is 40.5 Å². The molecule has 1 amide bonds. The number of nitrogens with zero attached hydrogens (tertiary/aromatic N) is 1. The van der Waals surface area contributed by atoms with Gasteiger partial charge < -0.3 is 10.0 Å². The minimum Gasteiger partial charge on any atom is -0.395 e. The average molecular weight is 298 g/mol. The molecule has 0 bridgehead atoms. The summed E-state index contributed by atoms with van der Waals surface area (Å²) in [7, 11) is 0. The van der Waals surface area contributed by atoms with Gasteiger partial charge in [-0.3, -0.25) is 4.79 Å². The second kappa shape index (κ2) is 5.19. The van der Waals surface area contributed by atoms with Gasteiger partial charge in [-0.1, -0.05) is 22.0 Å². The molecule has 0 radical (unpaired) electrons. The molecule has 0 spiro atoms. The van der Waals surface area contributed by atoms with Crippen molar-refractivity contribution < 1.29 is 9.90 Å². The second-order valence-corrected chi connectivity index (χ2v) is 5.27. The lowest BCUT2D eigenvalue weighted by molar-refractivity contribution is 0.0707. The number of amides is 1. The van der Waals surface area contributed by atoms with E-state index in [-0.39, 0.29) is 12.5 Å². The summed E-state index contributed by atoms with van der Waals surface area (Å²) >= 11 is 3.43. The van der Waals surface area contributed by atoms with E-state index in [0.29, 0.717) is 18.2 Å². The summed E-state index contributed by atoms with van der Waals surface area (Å²) in [5, 5.41) is 9.00. The van der Waals surface area contributed by atoms with Crippen molar-refractivity contribution in [1.82, 2.24) is 4.90 Å². The van der Waals surface area contributed by atoms with Crippen molar-refractivity contribution in [1.29, 1.82) is 0 Å². The molecular formula is C13H16BrNO2. The van der Waals surface area contributed by atoms with E-state index in [9.17, 15) is 4.79 Å². The highest BCUT2D eigenvalue weighted by atomic mass is 79.9. The van der Waals surface area contributed by atoms with E-state index < -0.39 is 0 Å². The van der Waals surface area contributed by atoms with E-state index in [0.717, 1.165) is 22.9 Å². The van der Waals surface area contributed by atoms with Gasteiger partial charge >= 0.3 is 0 Å². The molecule has 0 saturated heterocycles. The van der Waals surface area contributed by atoms with Crippen LogP contribution in [0.3, 0.4) is 0 Å². The van der Waals surface area contributed by atoms with E-state index >= 15 is 0 Å². The molecular weight excluding hydrogens is 282 g/mol. The molecule has 1 aliphatic rings. The molecule has 1 aliphatic carbocycles. The Morgan fingerprint density at radius 1 is 1.53 bits per heavy atom. The number of aliphatic hydroxyl groups is 1. The molecule has 1 fully saturated rings. The monoisotopic (exact) mass is 297 g/mol. The summed E-state index contributed by atoms with van der Waals surface area (Å²) in [6, 6.07) is 5.95. The normalized spacial score (nSPS) is 14.8. The second-order valence-electron chi connectivity index (χ2n) is 4.42. The summed E-state index contributed by atoms with van der Waals surface area (Å²) in [6.07, 6.45) is 2.11. The van der Waals surface area contributed by atoms with E-state index in [1.165, 1.54) is 0 Å². The molecule has 0 atom stereocenters. The third-order valence-electron chi connectivity index (χ3n) is 3.01. The third-order valence-corrected chi connectivity index (χ3v) is 3.86. The maximum Gasteiger partial charge on any atom is 0.254 e. The Kier molecular flexibility index (Phi) is 3.84. The Bertz CT molecular complexity index is 429. The number of aryl methyl sites for hydroxylation is 1.